The maximum absolute atomic E-state index is 14.0. The van der Waals surface area contributed by atoms with E-state index in [0.29, 0.717) is 6.42 Å². The fraction of sp³-hybridized carbons (Fsp3) is 0.385. The summed E-state index contributed by atoms with van der Waals surface area (Å²) in [5.41, 5.74) is 1.06. The SMILES string of the molecule is CCC(CC(=O)O)n1nnnc1-c1ccc(C)cc1F. The second kappa shape index (κ2) is 5.77. The Bertz CT molecular complexity index is 627. The summed E-state index contributed by atoms with van der Waals surface area (Å²) >= 11 is 0. The van der Waals surface area contributed by atoms with Gasteiger partial charge in [-0.15, -0.1) is 5.10 Å². The molecule has 1 heterocycles. The molecule has 0 aliphatic rings. The van der Waals surface area contributed by atoms with Crippen molar-refractivity contribution in [3.8, 4) is 11.4 Å². The molecular formula is C13H15FN4O2. The zero-order valence-corrected chi connectivity index (χ0v) is 11.2. The van der Waals surface area contributed by atoms with Gasteiger partial charge in [-0.3, -0.25) is 4.79 Å². The Balaban J connectivity index is 2.43. The summed E-state index contributed by atoms with van der Waals surface area (Å²) in [6, 6.07) is 4.35. The molecule has 0 bridgehead atoms. The maximum atomic E-state index is 14.0. The highest BCUT2D eigenvalue weighted by atomic mass is 19.1. The second-order valence-corrected chi connectivity index (χ2v) is 4.59. The van der Waals surface area contributed by atoms with E-state index in [1.165, 1.54) is 10.7 Å². The van der Waals surface area contributed by atoms with Crippen molar-refractivity contribution in [1.29, 1.82) is 0 Å². The van der Waals surface area contributed by atoms with E-state index in [0.717, 1.165) is 5.56 Å². The zero-order chi connectivity index (χ0) is 14.7. The minimum absolute atomic E-state index is 0.109. The molecule has 1 aromatic heterocycles. The van der Waals surface area contributed by atoms with Gasteiger partial charge in [-0.05, 0) is 41.5 Å². The van der Waals surface area contributed by atoms with Crippen LogP contribution in [0, 0.1) is 12.7 Å². The van der Waals surface area contributed by atoms with Gasteiger partial charge < -0.3 is 5.11 Å². The van der Waals surface area contributed by atoms with Gasteiger partial charge in [-0.25, -0.2) is 9.07 Å². The third-order valence-electron chi connectivity index (χ3n) is 3.09. The van der Waals surface area contributed by atoms with Crippen molar-refractivity contribution in [2.24, 2.45) is 0 Å². The molecule has 0 saturated heterocycles. The van der Waals surface area contributed by atoms with Crippen molar-refractivity contribution in [2.75, 3.05) is 0 Å². The molecule has 0 radical (unpaired) electrons. The van der Waals surface area contributed by atoms with Gasteiger partial charge in [0.15, 0.2) is 5.82 Å². The number of hydrogen-bond donors (Lipinski definition) is 1. The summed E-state index contributed by atoms with van der Waals surface area (Å²) in [6.07, 6.45) is 0.430. The molecular weight excluding hydrogens is 263 g/mol. The number of hydrogen-bond acceptors (Lipinski definition) is 4. The van der Waals surface area contributed by atoms with Crippen LogP contribution >= 0.6 is 0 Å². The molecule has 0 saturated carbocycles. The highest BCUT2D eigenvalue weighted by Crippen LogP contribution is 2.25. The zero-order valence-electron chi connectivity index (χ0n) is 11.2. The fourth-order valence-electron chi connectivity index (χ4n) is 2.02. The van der Waals surface area contributed by atoms with E-state index in [4.69, 9.17) is 5.11 Å². The second-order valence-electron chi connectivity index (χ2n) is 4.59. The van der Waals surface area contributed by atoms with Crippen LogP contribution in [0.1, 0.15) is 31.4 Å². The number of aryl methyl sites for hydroxylation is 1. The van der Waals surface area contributed by atoms with E-state index < -0.39 is 17.8 Å². The first-order chi connectivity index (χ1) is 9.52. The third-order valence-corrected chi connectivity index (χ3v) is 3.09. The molecule has 0 aliphatic heterocycles. The summed E-state index contributed by atoms with van der Waals surface area (Å²) < 4.78 is 15.4. The third kappa shape index (κ3) is 2.81. The van der Waals surface area contributed by atoms with Crippen LogP contribution in [-0.4, -0.2) is 31.3 Å². The lowest BCUT2D eigenvalue weighted by Gasteiger charge is -2.14. The predicted molar refractivity (Wildman–Crippen MR) is 69.5 cm³/mol. The van der Waals surface area contributed by atoms with Gasteiger partial charge in [0.05, 0.1) is 18.0 Å². The van der Waals surface area contributed by atoms with Gasteiger partial charge in [-0.2, -0.15) is 0 Å². The molecule has 1 N–H and O–H groups in total. The molecule has 1 atom stereocenters. The topological polar surface area (TPSA) is 80.9 Å². The number of halogens is 1. The number of benzene rings is 1. The maximum Gasteiger partial charge on any atom is 0.305 e. The van der Waals surface area contributed by atoms with Crippen molar-refractivity contribution in [1.82, 2.24) is 20.2 Å². The van der Waals surface area contributed by atoms with Crippen molar-refractivity contribution in [3.05, 3.63) is 29.6 Å². The monoisotopic (exact) mass is 278 g/mol. The highest BCUT2D eigenvalue weighted by Gasteiger charge is 2.21. The molecule has 2 aromatic rings. The van der Waals surface area contributed by atoms with Gasteiger partial charge in [0.1, 0.15) is 5.82 Å². The average molecular weight is 278 g/mol. The molecule has 106 valence electrons. The quantitative estimate of drug-likeness (QED) is 0.906. The number of carbonyl (C=O) groups is 1. The van der Waals surface area contributed by atoms with Gasteiger partial charge in [-0.1, -0.05) is 13.0 Å². The lowest BCUT2D eigenvalue weighted by molar-refractivity contribution is -0.138. The molecule has 1 unspecified atom stereocenters. The highest BCUT2D eigenvalue weighted by molar-refractivity contribution is 5.67. The first-order valence-corrected chi connectivity index (χ1v) is 6.29. The summed E-state index contributed by atoms with van der Waals surface area (Å²) in [7, 11) is 0. The fourth-order valence-corrected chi connectivity index (χ4v) is 2.02. The van der Waals surface area contributed by atoms with Crippen LogP contribution in [-0.2, 0) is 4.79 Å². The Morgan fingerprint density at radius 1 is 1.50 bits per heavy atom. The van der Waals surface area contributed by atoms with E-state index in [-0.39, 0.29) is 17.8 Å². The largest absolute Gasteiger partial charge is 0.481 e. The Morgan fingerprint density at radius 3 is 2.85 bits per heavy atom. The average Bonchev–Trinajstić information content (AvgIpc) is 2.84. The molecule has 6 nitrogen and oxygen atoms in total. The van der Waals surface area contributed by atoms with E-state index in [1.807, 2.05) is 6.92 Å². The van der Waals surface area contributed by atoms with Crippen molar-refractivity contribution in [2.45, 2.75) is 32.7 Å². The minimum Gasteiger partial charge on any atom is -0.481 e. The Morgan fingerprint density at radius 2 is 2.25 bits per heavy atom. The molecule has 20 heavy (non-hydrogen) atoms. The smallest absolute Gasteiger partial charge is 0.305 e. The lowest BCUT2D eigenvalue weighted by Crippen LogP contribution is -2.16. The molecule has 7 heteroatoms. The Kier molecular flexibility index (Phi) is 4.07. The van der Waals surface area contributed by atoms with Gasteiger partial charge in [0, 0.05) is 0 Å². The summed E-state index contributed by atoms with van der Waals surface area (Å²) in [5, 5.41) is 20.1. The van der Waals surface area contributed by atoms with Crippen LogP contribution in [0.4, 0.5) is 4.39 Å². The van der Waals surface area contributed by atoms with Gasteiger partial charge in [0.2, 0.25) is 0 Å². The summed E-state index contributed by atoms with van der Waals surface area (Å²) in [5.74, 6) is -1.12. The van der Waals surface area contributed by atoms with Crippen LogP contribution in [0.15, 0.2) is 18.2 Å². The van der Waals surface area contributed by atoms with Crippen molar-refractivity contribution >= 4 is 5.97 Å². The Hall–Kier alpha value is -2.31. The van der Waals surface area contributed by atoms with Crippen molar-refractivity contribution < 1.29 is 14.3 Å². The first kappa shape index (κ1) is 14.1. The molecule has 0 amide bonds. The minimum atomic E-state index is -0.942. The normalized spacial score (nSPS) is 12.3. The van der Waals surface area contributed by atoms with E-state index in [1.54, 1.807) is 19.1 Å². The molecule has 0 aliphatic carbocycles. The number of rotatable bonds is 5. The van der Waals surface area contributed by atoms with E-state index >= 15 is 0 Å². The van der Waals surface area contributed by atoms with E-state index in [2.05, 4.69) is 15.5 Å². The standard InChI is InChI=1S/C13H15FN4O2/c1-3-9(7-12(19)20)18-13(15-16-17-18)10-5-4-8(2)6-11(10)14/h4-6,9H,3,7H2,1-2H3,(H,19,20). The number of carboxylic acids is 1. The Labute approximate surface area is 115 Å². The predicted octanol–water partition coefficient (Wildman–Crippen LogP) is 2.21. The van der Waals surface area contributed by atoms with Crippen LogP contribution in [0.5, 0.6) is 0 Å². The van der Waals surface area contributed by atoms with Gasteiger partial charge in [0.25, 0.3) is 0 Å². The molecule has 0 spiro atoms. The van der Waals surface area contributed by atoms with Crippen molar-refractivity contribution in [3.63, 3.8) is 0 Å². The summed E-state index contributed by atoms with van der Waals surface area (Å²) in [4.78, 5) is 10.9. The number of aromatic nitrogens is 4. The van der Waals surface area contributed by atoms with Crippen LogP contribution in [0.3, 0.4) is 0 Å². The molecule has 0 fully saturated rings. The van der Waals surface area contributed by atoms with E-state index in [9.17, 15) is 9.18 Å². The number of nitrogens with zero attached hydrogens (tertiary/aromatic N) is 4. The number of tetrazole rings is 1. The number of carboxylic acid groups (broad SMARTS) is 1. The van der Waals surface area contributed by atoms with Crippen LogP contribution in [0.2, 0.25) is 0 Å². The lowest BCUT2D eigenvalue weighted by atomic mass is 10.1. The molecule has 2 rings (SSSR count). The number of aliphatic carboxylic acids is 1. The summed E-state index contributed by atoms with van der Waals surface area (Å²) in [6.45, 7) is 3.62. The van der Waals surface area contributed by atoms with Gasteiger partial charge >= 0.3 is 5.97 Å². The van der Waals surface area contributed by atoms with Crippen LogP contribution < -0.4 is 0 Å². The molecule has 1 aromatic carbocycles. The first-order valence-electron chi connectivity index (χ1n) is 6.29. The van der Waals surface area contributed by atoms with Crippen LogP contribution in [0.25, 0.3) is 11.4 Å².